The fourth-order valence-electron chi connectivity index (χ4n) is 2.41. The van der Waals surface area contributed by atoms with Crippen LogP contribution in [0.2, 0.25) is 0 Å². The first-order valence-electron chi connectivity index (χ1n) is 7.51. The molecule has 1 atom stereocenters. The standard InChI is InChI=1S/C16H26N2O2S/c1-13-12-18(21(19,20)10-9-16(2,3)4)15-8-6-5-7-14(15)11-17-13/h5-8,13,17H,9-12H2,1-4H3. The topological polar surface area (TPSA) is 49.4 Å². The van der Waals surface area contributed by atoms with Crippen molar-refractivity contribution in [3.8, 4) is 0 Å². The SMILES string of the molecule is CC1CN(S(=O)(=O)CCC(C)(C)C)c2ccccc2CN1. The second-order valence-electron chi connectivity index (χ2n) is 7.07. The van der Waals surface area contributed by atoms with Gasteiger partial charge in [-0.1, -0.05) is 39.0 Å². The van der Waals surface area contributed by atoms with Gasteiger partial charge in [-0.25, -0.2) is 8.42 Å². The van der Waals surface area contributed by atoms with E-state index in [2.05, 4.69) is 26.1 Å². The van der Waals surface area contributed by atoms with E-state index in [9.17, 15) is 8.42 Å². The predicted octanol–water partition coefficient (Wildman–Crippen LogP) is 2.75. The first kappa shape index (κ1) is 16.3. The monoisotopic (exact) mass is 310 g/mol. The first-order valence-corrected chi connectivity index (χ1v) is 9.12. The number of nitrogens with one attached hydrogen (secondary N) is 1. The zero-order valence-corrected chi connectivity index (χ0v) is 14.2. The molecule has 1 heterocycles. The van der Waals surface area contributed by atoms with E-state index in [1.165, 1.54) is 0 Å². The van der Waals surface area contributed by atoms with Crippen molar-refractivity contribution in [1.29, 1.82) is 0 Å². The highest BCUT2D eigenvalue weighted by Gasteiger charge is 2.29. The number of nitrogens with zero attached hydrogens (tertiary/aromatic N) is 1. The lowest BCUT2D eigenvalue weighted by Gasteiger charge is -2.27. The molecule has 1 aliphatic rings. The second kappa shape index (κ2) is 5.97. The summed E-state index contributed by atoms with van der Waals surface area (Å²) in [5.74, 6) is 0.192. The fraction of sp³-hybridized carbons (Fsp3) is 0.625. The van der Waals surface area contributed by atoms with E-state index >= 15 is 0 Å². The average Bonchev–Trinajstić information content (AvgIpc) is 2.56. The Morgan fingerprint density at radius 2 is 1.95 bits per heavy atom. The summed E-state index contributed by atoms with van der Waals surface area (Å²) in [4.78, 5) is 0. The van der Waals surface area contributed by atoms with Crippen LogP contribution in [0.4, 0.5) is 5.69 Å². The van der Waals surface area contributed by atoms with Crippen LogP contribution in [-0.2, 0) is 16.6 Å². The van der Waals surface area contributed by atoms with Crippen LogP contribution in [0.5, 0.6) is 0 Å². The summed E-state index contributed by atoms with van der Waals surface area (Å²) < 4.78 is 27.2. The molecule has 4 nitrogen and oxygen atoms in total. The molecule has 0 amide bonds. The zero-order valence-electron chi connectivity index (χ0n) is 13.4. The molecule has 2 rings (SSSR count). The summed E-state index contributed by atoms with van der Waals surface area (Å²) >= 11 is 0. The average molecular weight is 310 g/mol. The molecule has 1 aromatic rings. The molecule has 5 heteroatoms. The quantitative estimate of drug-likeness (QED) is 0.934. The van der Waals surface area contributed by atoms with Crippen molar-refractivity contribution in [2.75, 3.05) is 16.6 Å². The van der Waals surface area contributed by atoms with Crippen LogP contribution in [0, 0.1) is 5.41 Å². The normalized spacial score (nSPS) is 20.0. The van der Waals surface area contributed by atoms with Crippen LogP contribution in [0.1, 0.15) is 39.7 Å². The molecular weight excluding hydrogens is 284 g/mol. The molecule has 0 spiro atoms. The highest BCUT2D eigenvalue weighted by atomic mass is 32.2. The molecule has 118 valence electrons. The third kappa shape index (κ3) is 4.20. The van der Waals surface area contributed by atoms with Gasteiger partial charge in [0.05, 0.1) is 11.4 Å². The summed E-state index contributed by atoms with van der Waals surface area (Å²) in [6.07, 6.45) is 0.663. The van der Waals surface area contributed by atoms with Gasteiger partial charge in [-0.3, -0.25) is 4.31 Å². The van der Waals surface area contributed by atoms with E-state index in [-0.39, 0.29) is 17.2 Å². The van der Waals surface area contributed by atoms with Crippen molar-refractivity contribution in [3.63, 3.8) is 0 Å². The maximum atomic E-state index is 12.8. The highest BCUT2D eigenvalue weighted by Crippen LogP contribution is 2.28. The van der Waals surface area contributed by atoms with Gasteiger partial charge < -0.3 is 5.32 Å². The summed E-state index contributed by atoms with van der Waals surface area (Å²) in [7, 11) is -3.29. The molecule has 0 aromatic heterocycles. The molecule has 1 N–H and O–H groups in total. The molecule has 21 heavy (non-hydrogen) atoms. The Morgan fingerprint density at radius 1 is 1.29 bits per heavy atom. The molecule has 1 unspecified atom stereocenters. The van der Waals surface area contributed by atoms with Gasteiger partial charge >= 0.3 is 0 Å². The number of hydrogen-bond acceptors (Lipinski definition) is 3. The van der Waals surface area contributed by atoms with Gasteiger partial charge in [-0.05, 0) is 30.4 Å². The van der Waals surface area contributed by atoms with Crippen molar-refractivity contribution in [1.82, 2.24) is 5.32 Å². The number of sulfonamides is 1. The molecule has 0 fully saturated rings. The van der Waals surface area contributed by atoms with Crippen molar-refractivity contribution in [2.24, 2.45) is 5.41 Å². The lowest BCUT2D eigenvalue weighted by molar-refractivity contribution is 0.397. The molecule has 1 aromatic carbocycles. The van der Waals surface area contributed by atoms with Gasteiger partial charge in [-0.15, -0.1) is 0 Å². The highest BCUT2D eigenvalue weighted by molar-refractivity contribution is 7.92. The Morgan fingerprint density at radius 3 is 2.62 bits per heavy atom. The van der Waals surface area contributed by atoms with Gasteiger partial charge in [0.15, 0.2) is 0 Å². The van der Waals surface area contributed by atoms with Crippen LogP contribution < -0.4 is 9.62 Å². The van der Waals surface area contributed by atoms with Crippen LogP contribution in [0.25, 0.3) is 0 Å². The van der Waals surface area contributed by atoms with E-state index in [1.807, 2.05) is 31.2 Å². The molecule has 1 aliphatic heterocycles. The van der Waals surface area contributed by atoms with Crippen LogP contribution in [-0.4, -0.2) is 26.8 Å². The Kier molecular flexibility index (Phi) is 4.63. The van der Waals surface area contributed by atoms with Crippen LogP contribution >= 0.6 is 0 Å². The number of hydrogen-bond donors (Lipinski definition) is 1. The predicted molar refractivity (Wildman–Crippen MR) is 87.9 cm³/mol. The molecule has 0 aliphatic carbocycles. The number of anilines is 1. The van der Waals surface area contributed by atoms with E-state index in [4.69, 9.17) is 0 Å². The number of fused-ring (bicyclic) bond motifs is 1. The third-order valence-electron chi connectivity index (χ3n) is 3.79. The largest absolute Gasteiger partial charge is 0.308 e. The fourth-order valence-corrected chi connectivity index (χ4v) is 4.43. The van der Waals surface area contributed by atoms with Crippen LogP contribution in [0.3, 0.4) is 0 Å². The number of benzene rings is 1. The van der Waals surface area contributed by atoms with Gasteiger partial charge in [0.2, 0.25) is 10.0 Å². The van der Waals surface area contributed by atoms with Crippen LogP contribution in [0.15, 0.2) is 24.3 Å². The Labute approximate surface area is 128 Å². The second-order valence-corrected chi connectivity index (χ2v) is 9.08. The molecular formula is C16H26N2O2S. The van der Waals surface area contributed by atoms with E-state index in [1.54, 1.807) is 4.31 Å². The van der Waals surface area contributed by atoms with Crippen molar-refractivity contribution >= 4 is 15.7 Å². The minimum absolute atomic E-state index is 0.0162. The Balaban J connectivity index is 2.32. The maximum Gasteiger partial charge on any atom is 0.235 e. The summed E-state index contributed by atoms with van der Waals surface area (Å²) in [5.41, 5.74) is 1.88. The Hall–Kier alpha value is -1.07. The van der Waals surface area contributed by atoms with E-state index in [0.717, 1.165) is 11.3 Å². The lowest BCUT2D eigenvalue weighted by atomic mass is 9.94. The third-order valence-corrected chi connectivity index (χ3v) is 5.52. The van der Waals surface area contributed by atoms with Gasteiger partial charge in [-0.2, -0.15) is 0 Å². The van der Waals surface area contributed by atoms with Crippen molar-refractivity contribution < 1.29 is 8.42 Å². The summed E-state index contributed by atoms with van der Waals surface area (Å²) in [6.45, 7) is 9.44. The van der Waals surface area contributed by atoms with Crippen molar-refractivity contribution in [3.05, 3.63) is 29.8 Å². The zero-order chi connectivity index (χ0) is 15.7. The first-order chi connectivity index (χ1) is 9.69. The van der Waals surface area contributed by atoms with E-state index in [0.29, 0.717) is 19.5 Å². The molecule has 0 saturated carbocycles. The Bertz CT molecular complexity index is 591. The van der Waals surface area contributed by atoms with Gasteiger partial charge in [0.25, 0.3) is 0 Å². The van der Waals surface area contributed by atoms with Gasteiger partial charge in [0, 0.05) is 19.1 Å². The minimum atomic E-state index is -3.29. The lowest BCUT2D eigenvalue weighted by Crippen LogP contribution is -2.41. The smallest absolute Gasteiger partial charge is 0.235 e. The molecule has 0 saturated heterocycles. The van der Waals surface area contributed by atoms with E-state index < -0.39 is 10.0 Å². The number of rotatable bonds is 3. The summed E-state index contributed by atoms with van der Waals surface area (Å²) in [6, 6.07) is 7.90. The summed E-state index contributed by atoms with van der Waals surface area (Å²) in [5, 5.41) is 3.37. The molecule has 0 radical (unpaired) electrons. The maximum absolute atomic E-state index is 12.8. The van der Waals surface area contributed by atoms with Crippen molar-refractivity contribution in [2.45, 2.75) is 46.7 Å². The number of para-hydroxylation sites is 1. The molecule has 0 bridgehead atoms. The minimum Gasteiger partial charge on any atom is -0.308 e. The van der Waals surface area contributed by atoms with Gasteiger partial charge in [0.1, 0.15) is 0 Å².